The second-order valence-electron chi connectivity index (χ2n) is 6.51. The van der Waals surface area contributed by atoms with E-state index < -0.39 is 0 Å². The van der Waals surface area contributed by atoms with Gasteiger partial charge in [-0.25, -0.2) is 0 Å². The van der Waals surface area contributed by atoms with Gasteiger partial charge in [0.15, 0.2) is 5.96 Å². The number of aliphatic imine (C=N–C) groups is 1. The zero-order chi connectivity index (χ0) is 17.1. The summed E-state index contributed by atoms with van der Waals surface area (Å²) in [4.78, 5) is 18.2. The second-order valence-corrected chi connectivity index (χ2v) is 8.31. The van der Waals surface area contributed by atoms with E-state index in [4.69, 9.17) is 4.99 Å². The number of nitrogens with zero attached hydrogens (tertiary/aromatic N) is 2. The van der Waals surface area contributed by atoms with Crippen molar-refractivity contribution < 1.29 is 9.53 Å². The van der Waals surface area contributed by atoms with Crippen LogP contribution in [0.3, 0.4) is 0 Å². The number of esters is 1. The summed E-state index contributed by atoms with van der Waals surface area (Å²) in [6.45, 7) is 10.6. The van der Waals surface area contributed by atoms with E-state index in [0.717, 1.165) is 63.6 Å². The highest BCUT2D eigenvalue weighted by Crippen LogP contribution is 2.29. The third-order valence-electron chi connectivity index (χ3n) is 3.84. The van der Waals surface area contributed by atoms with Gasteiger partial charge in [-0.1, -0.05) is 12.8 Å². The Balaban J connectivity index is 2.30. The summed E-state index contributed by atoms with van der Waals surface area (Å²) in [5.74, 6) is 2.10. The number of carbonyl (C=O) groups excluding carboxylic acids is 1. The van der Waals surface area contributed by atoms with Crippen LogP contribution in [-0.2, 0) is 9.53 Å². The van der Waals surface area contributed by atoms with Crippen molar-refractivity contribution in [1.82, 2.24) is 10.2 Å². The summed E-state index contributed by atoms with van der Waals surface area (Å²) in [5.41, 5.74) is 0. The largest absolute Gasteiger partial charge is 0.469 e. The number of hydrogen-bond acceptors (Lipinski definition) is 4. The van der Waals surface area contributed by atoms with Crippen molar-refractivity contribution in [3.8, 4) is 0 Å². The zero-order valence-electron chi connectivity index (χ0n) is 15.2. The van der Waals surface area contributed by atoms with Gasteiger partial charge in [0.05, 0.1) is 7.11 Å². The van der Waals surface area contributed by atoms with E-state index in [2.05, 4.69) is 35.7 Å². The van der Waals surface area contributed by atoms with Crippen molar-refractivity contribution in [3.63, 3.8) is 0 Å². The van der Waals surface area contributed by atoms with Crippen LogP contribution in [0.15, 0.2) is 4.99 Å². The number of guanidine groups is 1. The minimum absolute atomic E-state index is 0.108. The van der Waals surface area contributed by atoms with Crippen LogP contribution in [-0.4, -0.2) is 60.6 Å². The fourth-order valence-corrected chi connectivity index (χ4v) is 3.76. The lowest BCUT2D eigenvalue weighted by atomic mass is 10.1. The molecule has 1 N–H and O–H groups in total. The van der Waals surface area contributed by atoms with Gasteiger partial charge in [0.1, 0.15) is 0 Å². The standard InChI is InChI=1S/C17H33N3O2S/c1-5-18-16(20-12-13-23-17(2,3)14-20)19-11-9-7-6-8-10-15(21)22-4/h5-14H2,1-4H3,(H,18,19). The number of thioether (sulfide) groups is 1. The molecule has 0 aliphatic carbocycles. The first-order chi connectivity index (χ1) is 11.0. The Morgan fingerprint density at radius 3 is 2.70 bits per heavy atom. The molecule has 0 aromatic rings. The Hall–Kier alpha value is -0.910. The Morgan fingerprint density at radius 1 is 1.30 bits per heavy atom. The molecule has 0 radical (unpaired) electrons. The topological polar surface area (TPSA) is 53.9 Å². The fraction of sp³-hybridized carbons (Fsp3) is 0.882. The first kappa shape index (κ1) is 20.1. The molecule has 5 nitrogen and oxygen atoms in total. The maximum atomic E-state index is 11.0. The van der Waals surface area contributed by atoms with Crippen LogP contribution >= 0.6 is 11.8 Å². The molecule has 0 saturated carbocycles. The lowest BCUT2D eigenvalue weighted by molar-refractivity contribution is -0.140. The summed E-state index contributed by atoms with van der Waals surface area (Å²) < 4.78 is 4.94. The molecule has 1 rings (SSSR count). The Morgan fingerprint density at radius 2 is 2.04 bits per heavy atom. The van der Waals surface area contributed by atoms with Crippen LogP contribution in [0.1, 0.15) is 52.9 Å². The number of hydrogen-bond donors (Lipinski definition) is 1. The molecule has 0 atom stereocenters. The minimum atomic E-state index is -0.108. The normalized spacial score (nSPS) is 17.9. The van der Waals surface area contributed by atoms with Crippen LogP contribution in [0.5, 0.6) is 0 Å². The van der Waals surface area contributed by atoms with Gasteiger partial charge in [-0.2, -0.15) is 11.8 Å². The molecule has 0 unspecified atom stereocenters. The molecule has 1 fully saturated rings. The SMILES string of the molecule is CCNC(=NCCCCCCC(=O)OC)N1CCSC(C)(C)C1. The average molecular weight is 344 g/mol. The molecule has 23 heavy (non-hydrogen) atoms. The van der Waals surface area contributed by atoms with E-state index in [1.54, 1.807) is 0 Å². The van der Waals surface area contributed by atoms with Crippen LogP contribution < -0.4 is 5.32 Å². The van der Waals surface area contributed by atoms with Gasteiger partial charge in [0.2, 0.25) is 0 Å². The van der Waals surface area contributed by atoms with Crippen molar-refractivity contribution in [3.05, 3.63) is 0 Å². The summed E-state index contributed by atoms with van der Waals surface area (Å²) in [6, 6.07) is 0. The second kappa shape index (κ2) is 10.8. The molecule has 0 aromatic carbocycles. The van der Waals surface area contributed by atoms with Crippen LogP contribution in [0.25, 0.3) is 0 Å². The molecule has 0 aromatic heterocycles. The van der Waals surface area contributed by atoms with Gasteiger partial charge in [-0.15, -0.1) is 0 Å². The third-order valence-corrected chi connectivity index (χ3v) is 5.14. The van der Waals surface area contributed by atoms with Gasteiger partial charge in [0.25, 0.3) is 0 Å². The van der Waals surface area contributed by atoms with E-state index in [1.165, 1.54) is 7.11 Å². The van der Waals surface area contributed by atoms with E-state index in [0.29, 0.717) is 11.2 Å². The smallest absolute Gasteiger partial charge is 0.305 e. The molecule has 1 aliphatic heterocycles. The van der Waals surface area contributed by atoms with E-state index >= 15 is 0 Å². The van der Waals surface area contributed by atoms with Crippen molar-refractivity contribution in [2.24, 2.45) is 4.99 Å². The lowest BCUT2D eigenvalue weighted by Crippen LogP contribution is -2.51. The number of ether oxygens (including phenoxy) is 1. The molecule has 1 aliphatic rings. The monoisotopic (exact) mass is 343 g/mol. The fourth-order valence-electron chi connectivity index (χ4n) is 2.64. The number of nitrogens with one attached hydrogen (secondary N) is 1. The first-order valence-corrected chi connectivity index (χ1v) is 9.71. The highest BCUT2D eigenvalue weighted by molar-refractivity contribution is 8.00. The van der Waals surface area contributed by atoms with Crippen LogP contribution in [0.2, 0.25) is 0 Å². The number of carbonyl (C=O) groups is 1. The van der Waals surface area contributed by atoms with Gasteiger partial charge in [0, 0.05) is 43.1 Å². The molecule has 134 valence electrons. The molecule has 0 bridgehead atoms. The Kier molecular flexibility index (Phi) is 9.44. The predicted molar refractivity (Wildman–Crippen MR) is 99.2 cm³/mol. The van der Waals surface area contributed by atoms with E-state index in [9.17, 15) is 4.79 Å². The van der Waals surface area contributed by atoms with Crippen molar-refractivity contribution in [1.29, 1.82) is 0 Å². The summed E-state index contributed by atoms with van der Waals surface area (Å²) >= 11 is 2.04. The van der Waals surface area contributed by atoms with Crippen LogP contribution in [0, 0.1) is 0 Å². The average Bonchev–Trinajstić information content (AvgIpc) is 2.51. The van der Waals surface area contributed by atoms with Gasteiger partial charge >= 0.3 is 5.97 Å². The Labute approximate surface area is 145 Å². The molecule has 0 spiro atoms. The lowest BCUT2D eigenvalue weighted by Gasteiger charge is -2.39. The number of rotatable bonds is 8. The number of unbranched alkanes of at least 4 members (excludes halogenated alkanes) is 3. The maximum absolute atomic E-state index is 11.0. The zero-order valence-corrected chi connectivity index (χ0v) is 16.0. The highest BCUT2D eigenvalue weighted by atomic mass is 32.2. The predicted octanol–water partition coefficient (Wildman–Crippen LogP) is 2.90. The minimum Gasteiger partial charge on any atom is -0.469 e. The molecule has 1 saturated heterocycles. The van der Waals surface area contributed by atoms with Crippen molar-refractivity contribution in [2.45, 2.75) is 57.6 Å². The van der Waals surface area contributed by atoms with E-state index in [-0.39, 0.29) is 5.97 Å². The highest BCUT2D eigenvalue weighted by Gasteiger charge is 2.28. The molecule has 0 amide bonds. The van der Waals surface area contributed by atoms with E-state index in [1.807, 2.05) is 11.8 Å². The van der Waals surface area contributed by atoms with Crippen molar-refractivity contribution >= 4 is 23.7 Å². The quantitative estimate of drug-likeness (QED) is 0.318. The number of methoxy groups -OCH3 is 1. The van der Waals surface area contributed by atoms with Crippen LogP contribution in [0.4, 0.5) is 0 Å². The summed E-state index contributed by atoms with van der Waals surface area (Å²) in [7, 11) is 1.44. The maximum Gasteiger partial charge on any atom is 0.305 e. The molecule has 1 heterocycles. The molecule has 6 heteroatoms. The summed E-state index contributed by atoms with van der Waals surface area (Å²) in [6.07, 6.45) is 4.69. The molecular formula is C17H33N3O2S. The third kappa shape index (κ3) is 8.49. The van der Waals surface area contributed by atoms with Gasteiger partial charge < -0.3 is 15.0 Å². The summed E-state index contributed by atoms with van der Waals surface area (Å²) in [5, 5.41) is 3.42. The van der Waals surface area contributed by atoms with Gasteiger partial charge in [-0.05, 0) is 33.6 Å². The van der Waals surface area contributed by atoms with Gasteiger partial charge in [-0.3, -0.25) is 9.79 Å². The Bertz CT molecular complexity index is 386. The van der Waals surface area contributed by atoms with Crippen molar-refractivity contribution in [2.75, 3.05) is 39.0 Å². The molecular weight excluding hydrogens is 310 g/mol. The first-order valence-electron chi connectivity index (χ1n) is 8.72.